The number of benzene rings is 2. The molecule has 0 radical (unpaired) electrons. The van der Waals surface area contributed by atoms with Gasteiger partial charge in [0.2, 0.25) is 0 Å². The molecule has 2 aliphatic rings. The van der Waals surface area contributed by atoms with Gasteiger partial charge in [0.15, 0.2) is 0 Å². The minimum Gasteiger partial charge on any atom is -0.497 e. The summed E-state index contributed by atoms with van der Waals surface area (Å²) in [4.78, 5) is 28.3. The second-order valence-corrected chi connectivity index (χ2v) is 12.3. The summed E-state index contributed by atoms with van der Waals surface area (Å²) in [5.41, 5.74) is 3.80. The molecular formula is C33H43BN2O7. The van der Waals surface area contributed by atoms with Crippen LogP contribution in [0.25, 0.3) is 10.9 Å². The van der Waals surface area contributed by atoms with Crippen LogP contribution in [0.5, 0.6) is 5.75 Å². The standard InChI is InChI=1S/C33H43BN2O7/c1-9-41-31(38)25-19-22-28-23(15-17-26(39-7)29(28)34-42-32(2,3)33(4,5)43-34)35(6)30(22)24(16-18-27(37)40-8)36(25)20-21-13-11-10-12-14-21/h10-15,17,24-25H,9,16,18-20H2,1-8H3/t24-,25+/m0/s1. The van der Waals surface area contributed by atoms with E-state index in [1.165, 1.54) is 7.11 Å². The quantitative estimate of drug-likeness (QED) is 0.267. The third-order valence-electron chi connectivity index (χ3n) is 9.36. The molecule has 2 atom stereocenters. The lowest BCUT2D eigenvalue weighted by atomic mass is 9.74. The number of fused-ring (bicyclic) bond motifs is 3. The van der Waals surface area contributed by atoms with Gasteiger partial charge in [-0.2, -0.15) is 0 Å². The van der Waals surface area contributed by atoms with E-state index in [1.807, 2.05) is 72.0 Å². The SMILES string of the molecule is CCOC(=O)[C@H]1Cc2c(n(C)c3ccc(OC)c(B4OC(C)(C)C(C)(C)O4)c23)[C@H](CCC(=O)OC)N1Cc1ccccc1. The maximum atomic E-state index is 13.7. The van der Waals surface area contributed by atoms with Crippen LogP contribution in [-0.2, 0) is 48.4 Å². The van der Waals surface area contributed by atoms with Crippen molar-refractivity contribution in [3.05, 3.63) is 59.3 Å². The Labute approximate surface area is 254 Å². The monoisotopic (exact) mass is 590 g/mol. The largest absolute Gasteiger partial charge is 0.499 e. The van der Waals surface area contributed by atoms with Crippen molar-refractivity contribution < 1.29 is 33.1 Å². The average Bonchev–Trinajstić information content (AvgIpc) is 3.38. The second-order valence-electron chi connectivity index (χ2n) is 12.3. The van der Waals surface area contributed by atoms with E-state index < -0.39 is 24.4 Å². The minimum absolute atomic E-state index is 0.205. The van der Waals surface area contributed by atoms with E-state index in [-0.39, 0.29) is 31.0 Å². The van der Waals surface area contributed by atoms with E-state index in [9.17, 15) is 9.59 Å². The predicted octanol–water partition coefficient (Wildman–Crippen LogP) is 4.47. The molecule has 43 heavy (non-hydrogen) atoms. The Balaban J connectivity index is 1.74. The highest BCUT2D eigenvalue weighted by molar-refractivity contribution is 6.66. The molecule has 2 aromatic carbocycles. The highest BCUT2D eigenvalue weighted by Crippen LogP contribution is 2.44. The maximum Gasteiger partial charge on any atom is 0.499 e. The predicted molar refractivity (Wildman–Crippen MR) is 165 cm³/mol. The number of aryl methyl sites for hydroxylation is 1. The Morgan fingerprint density at radius 1 is 1.02 bits per heavy atom. The molecule has 1 fully saturated rings. The van der Waals surface area contributed by atoms with Crippen LogP contribution in [-0.4, -0.2) is 66.6 Å². The van der Waals surface area contributed by atoms with Gasteiger partial charge in [-0.25, -0.2) is 0 Å². The van der Waals surface area contributed by atoms with Gasteiger partial charge in [0.05, 0.1) is 38.1 Å². The van der Waals surface area contributed by atoms with Gasteiger partial charge in [0.1, 0.15) is 11.8 Å². The summed E-state index contributed by atoms with van der Waals surface area (Å²) in [6, 6.07) is 13.2. The third-order valence-corrected chi connectivity index (χ3v) is 9.36. The van der Waals surface area contributed by atoms with Gasteiger partial charge < -0.3 is 28.1 Å². The number of carbonyl (C=O) groups excluding carboxylic acids is 2. The topological polar surface area (TPSA) is 88.5 Å². The van der Waals surface area contributed by atoms with Crippen LogP contribution in [0.15, 0.2) is 42.5 Å². The highest BCUT2D eigenvalue weighted by atomic mass is 16.7. The Morgan fingerprint density at radius 2 is 1.70 bits per heavy atom. The summed E-state index contributed by atoms with van der Waals surface area (Å²) in [5, 5.41) is 0.951. The summed E-state index contributed by atoms with van der Waals surface area (Å²) < 4.78 is 31.9. The molecule has 0 spiro atoms. The van der Waals surface area contributed by atoms with E-state index in [2.05, 4.69) is 21.6 Å². The van der Waals surface area contributed by atoms with Gasteiger partial charge in [0.25, 0.3) is 0 Å². The summed E-state index contributed by atoms with van der Waals surface area (Å²) in [5.74, 6) is 0.0759. The molecule has 5 rings (SSSR count). The first kappa shape index (κ1) is 31.1. The zero-order valence-electron chi connectivity index (χ0n) is 26.6. The number of hydrogen-bond donors (Lipinski definition) is 0. The Morgan fingerprint density at radius 3 is 2.30 bits per heavy atom. The van der Waals surface area contributed by atoms with Gasteiger partial charge in [-0.15, -0.1) is 0 Å². The van der Waals surface area contributed by atoms with E-state index in [0.717, 1.165) is 33.2 Å². The fourth-order valence-corrected chi connectivity index (χ4v) is 6.47. The second kappa shape index (κ2) is 12.0. The minimum atomic E-state index is -0.674. The molecule has 0 amide bonds. The molecule has 2 aliphatic heterocycles. The normalized spacial score (nSPS) is 21.1. The number of carbonyl (C=O) groups is 2. The molecule has 1 saturated heterocycles. The van der Waals surface area contributed by atoms with Gasteiger partial charge in [-0.3, -0.25) is 14.5 Å². The Kier molecular flexibility index (Phi) is 8.67. The van der Waals surface area contributed by atoms with Gasteiger partial charge in [0, 0.05) is 48.5 Å². The maximum absolute atomic E-state index is 13.7. The molecule has 9 nitrogen and oxygen atoms in total. The van der Waals surface area contributed by atoms with Crippen LogP contribution < -0.4 is 10.2 Å². The molecule has 230 valence electrons. The average molecular weight is 591 g/mol. The van der Waals surface area contributed by atoms with E-state index in [0.29, 0.717) is 25.1 Å². The van der Waals surface area contributed by atoms with Crippen LogP contribution in [0.2, 0.25) is 0 Å². The summed E-state index contributed by atoms with van der Waals surface area (Å²) in [6.07, 6.45) is 1.10. The van der Waals surface area contributed by atoms with Crippen molar-refractivity contribution in [3.8, 4) is 5.75 Å². The first-order valence-electron chi connectivity index (χ1n) is 15.0. The molecule has 3 aromatic rings. The number of esters is 2. The highest BCUT2D eigenvalue weighted by Gasteiger charge is 2.54. The number of aromatic nitrogens is 1. The lowest BCUT2D eigenvalue weighted by Gasteiger charge is -2.41. The summed E-state index contributed by atoms with van der Waals surface area (Å²) in [6.45, 7) is 10.7. The Bertz CT molecular complexity index is 1480. The van der Waals surface area contributed by atoms with Crippen LogP contribution in [0.3, 0.4) is 0 Å². The van der Waals surface area contributed by atoms with E-state index >= 15 is 0 Å². The number of rotatable bonds is 9. The number of hydrogen-bond acceptors (Lipinski definition) is 8. The van der Waals surface area contributed by atoms with Crippen LogP contribution in [0.1, 0.15) is 70.3 Å². The third kappa shape index (κ3) is 5.56. The zero-order chi connectivity index (χ0) is 31.1. The fourth-order valence-electron chi connectivity index (χ4n) is 6.47. The molecule has 0 aliphatic carbocycles. The van der Waals surface area contributed by atoms with Crippen LogP contribution in [0, 0.1) is 0 Å². The molecule has 0 N–H and O–H groups in total. The fraction of sp³-hybridized carbons (Fsp3) is 0.515. The van der Waals surface area contributed by atoms with Crippen molar-refractivity contribution in [1.29, 1.82) is 0 Å². The molecule has 0 unspecified atom stereocenters. The van der Waals surface area contributed by atoms with Crippen molar-refractivity contribution in [2.45, 2.75) is 83.7 Å². The van der Waals surface area contributed by atoms with Crippen molar-refractivity contribution >= 4 is 35.4 Å². The summed E-state index contributed by atoms with van der Waals surface area (Å²) in [7, 11) is 4.41. The first-order chi connectivity index (χ1) is 20.4. The lowest BCUT2D eigenvalue weighted by Crippen LogP contribution is -2.49. The number of nitrogens with zero attached hydrogens (tertiary/aromatic N) is 2. The molecule has 1 aromatic heterocycles. The molecule has 3 heterocycles. The molecule has 0 bridgehead atoms. The molecular weight excluding hydrogens is 547 g/mol. The van der Waals surface area contributed by atoms with Crippen molar-refractivity contribution in [2.75, 3.05) is 20.8 Å². The lowest BCUT2D eigenvalue weighted by molar-refractivity contribution is -0.151. The van der Waals surface area contributed by atoms with E-state index in [4.69, 9.17) is 23.5 Å². The van der Waals surface area contributed by atoms with Gasteiger partial charge in [-0.1, -0.05) is 30.3 Å². The van der Waals surface area contributed by atoms with Gasteiger partial charge in [-0.05, 0) is 64.3 Å². The summed E-state index contributed by atoms with van der Waals surface area (Å²) >= 11 is 0. The first-order valence-corrected chi connectivity index (χ1v) is 15.0. The van der Waals surface area contributed by atoms with Crippen LogP contribution in [0.4, 0.5) is 0 Å². The van der Waals surface area contributed by atoms with Crippen molar-refractivity contribution in [3.63, 3.8) is 0 Å². The van der Waals surface area contributed by atoms with Gasteiger partial charge >= 0.3 is 19.1 Å². The molecule has 0 saturated carbocycles. The smallest absolute Gasteiger partial charge is 0.497 e. The number of methoxy groups -OCH3 is 2. The number of ether oxygens (including phenoxy) is 3. The van der Waals surface area contributed by atoms with Crippen molar-refractivity contribution in [2.24, 2.45) is 7.05 Å². The molecule has 10 heteroatoms. The van der Waals surface area contributed by atoms with E-state index in [1.54, 1.807) is 7.11 Å². The Hall–Kier alpha value is -3.34. The van der Waals surface area contributed by atoms with Crippen LogP contribution >= 0.6 is 0 Å². The zero-order valence-corrected chi connectivity index (χ0v) is 26.6. The van der Waals surface area contributed by atoms with Crippen molar-refractivity contribution in [1.82, 2.24) is 9.47 Å².